The Labute approximate surface area is 263 Å². The van der Waals surface area contributed by atoms with Crippen LogP contribution in [-0.2, 0) is 0 Å². The lowest BCUT2D eigenvalue weighted by molar-refractivity contribution is 0.108. The van der Waals surface area contributed by atoms with Gasteiger partial charge in [0, 0.05) is 41.8 Å². The van der Waals surface area contributed by atoms with Gasteiger partial charge < -0.3 is 14.7 Å². The number of rotatable bonds is 6. The van der Waals surface area contributed by atoms with Crippen LogP contribution in [0.2, 0.25) is 0 Å². The molecule has 1 unspecified atom stereocenters. The van der Waals surface area contributed by atoms with Crippen molar-refractivity contribution in [1.29, 1.82) is 0 Å². The van der Waals surface area contributed by atoms with Crippen molar-refractivity contribution >= 4 is 27.5 Å². The second kappa shape index (κ2) is 11.1. The van der Waals surface area contributed by atoms with E-state index in [9.17, 15) is 9.50 Å². The molecule has 3 saturated heterocycles. The molecule has 0 spiro atoms. The number of aromatic nitrogens is 5. The van der Waals surface area contributed by atoms with Crippen LogP contribution in [0.1, 0.15) is 55.8 Å². The molecule has 238 valence electrons. The molecule has 0 bridgehead atoms. The maximum atomic E-state index is 16.7. The summed E-state index contributed by atoms with van der Waals surface area (Å²) in [6.07, 6.45) is 7.57. The Bertz CT molecular complexity index is 1970. The molecule has 3 aliphatic rings. The number of anilines is 1. The third-order valence-corrected chi connectivity index (χ3v) is 10.0. The summed E-state index contributed by atoms with van der Waals surface area (Å²) in [5.41, 5.74) is 1.51. The maximum absolute atomic E-state index is 16.7. The van der Waals surface area contributed by atoms with Gasteiger partial charge in [-0.1, -0.05) is 6.07 Å². The largest absolute Gasteiger partial charge is 0.508 e. The van der Waals surface area contributed by atoms with E-state index in [0.29, 0.717) is 30.9 Å². The van der Waals surface area contributed by atoms with Crippen LogP contribution in [0.4, 0.5) is 19.0 Å². The van der Waals surface area contributed by atoms with Crippen LogP contribution in [0.15, 0.2) is 36.5 Å². The number of phenols is 1. The Morgan fingerprint density at radius 2 is 1.85 bits per heavy atom. The van der Waals surface area contributed by atoms with Gasteiger partial charge in [-0.15, -0.1) is 0 Å². The molecule has 12 heteroatoms. The number of aryl methyl sites for hydroxylation is 1. The molecule has 2 aromatic carbocycles. The highest BCUT2D eigenvalue weighted by Gasteiger charge is 2.45. The summed E-state index contributed by atoms with van der Waals surface area (Å²) in [7, 11) is 0. The number of phenolic OH excluding ortho intramolecular Hbond substituents is 1. The fourth-order valence-corrected chi connectivity index (χ4v) is 7.80. The van der Waals surface area contributed by atoms with E-state index < -0.39 is 17.5 Å². The average Bonchev–Trinajstić information content (AvgIpc) is 3.78. The van der Waals surface area contributed by atoms with Crippen LogP contribution in [0.3, 0.4) is 0 Å². The Hall–Kier alpha value is -4.45. The van der Waals surface area contributed by atoms with Crippen LogP contribution < -0.4 is 9.64 Å². The smallest absolute Gasteiger partial charge is 0.319 e. The van der Waals surface area contributed by atoms with E-state index >= 15 is 8.78 Å². The van der Waals surface area contributed by atoms with Gasteiger partial charge in [-0.05, 0) is 88.2 Å². The zero-order valence-corrected chi connectivity index (χ0v) is 25.5. The first kappa shape index (κ1) is 29.0. The Morgan fingerprint density at radius 3 is 2.63 bits per heavy atom. The van der Waals surface area contributed by atoms with E-state index in [1.54, 1.807) is 0 Å². The first-order valence-electron chi connectivity index (χ1n) is 15.9. The SMILES string of the molecule is Cc1cc(C2CCCN(c3nc(OCC45CCCN4CCC5)nc4c(F)c(-c5cc(O)cc6ccc(F)c(F)c56)ncc34)C2)n[nH]1. The maximum Gasteiger partial charge on any atom is 0.319 e. The predicted octanol–water partition coefficient (Wildman–Crippen LogP) is 6.39. The van der Waals surface area contributed by atoms with Crippen LogP contribution in [-0.4, -0.2) is 73.5 Å². The van der Waals surface area contributed by atoms with Crippen molar-refractivity contribution < 1.29 is 23.0 Å². The van der Waals surface area contributed by atoms with Crippen molar-refractivity contribution in [3.05, 3.63) is 65.4 Å². The number of hydrogen-bond donors (Lipinski definition) is 2. The number of piperidine rings is 1. The highest BCUT2D eigenvalue weighted by molar-refractivity contribution is 6.00. The Morgan fingerprint density at radius 1 is 1.02 bits per heavy atom. The third kappa shape index (κ3) is 4.81. The van der Waals surface area contributed by atoms with Gasteiger partial charge in [0.15, 0.2) is 17.5 Å². The van der Waals surface area contributed by atoms with E-state index in [2.05, 4.69) is 30.0 Å². The predicted molar refractivity (Wildman–Crippen MR) is 168 cm³/mol. The van der Waals surface area contributed by atoms with Crippen LogP contribution in [0, 0.1) is 24.4 Å². The first-order valence-corrected chi connectivity index (χ1v) is 15.9. The number of nitrogens with zero attached hydrogens (tertiary/aromatic N) is 6. The van der Waals surface area contributed by atoms with Gasteiger partial charge in [0.1, 0.15) is 29.4 Å². The molecular formula is C34H34F3N7O2. The highest BCUT2D eigenvalue weighted by atomic mass is 19.2. The summed E-state index contributed by atoms with van der Waals surface area (Å²) in [5.74, 6) is -2.65. The second-order valence-corrected chi connectivity index (χ2v) is 12.9. The number of nitrogens with one attached hydrogen (secondary N) is 1. The molecule has 6 heterocycles. The lowest BCUT2D eigenvalue weighted by Crippen LogP contribution is -2.43. The van der Waals surface area contributed by atoms with Crippen molar-refractivity contribution in [3.8, 4) is 23.0 Å². The third-order valence-electron chi connectivity index (χ3n) is 10.0. The summed E-state index contributed by atoms with van der Waals surface area (Å²) in [6.45, 7) is 5.73. The minimum Gasteiger partial charge on any atom is -0.508 e. The number of ether oxygens (including phenoxy) is 1. The molecule has 3 aliphatic heterocycles. The number of aromatic hydroxyl groups is 1. The summed E-state index contributed by atoms with van der Waals surface area (Å²) in [5, 5.41) is 18.4. The van der Waals surface area contributed by atoms with E-state index in [4.69, 9.17) is 9.72 Å². The van der Waals surface area contributed by atoms with Crippen molar-refractivity contribution in [1.82, 2.24) is 30.0 Å². The van der Waals surface area contributed by atoms with E-state index in [-0.39, 0.29) is 50.8 Å². The summed E-state index contributed by atoms with van der Waals surface area (Å²) >= 11 is 0. The zero-order valence-electron chi connectivity index (χ0n) is 25.5. The normalized spacial score (nSPS) is 19.7. The number of aromatic amines is 1. The molecule has 8 rings (SSSR count). The van der Waals surface area contributed by atoms with Gasteiger partial charge in [0.05, 0.1) is 16.6 Å². The molecule has 0 radical (unpaired) electrons. The molecule has 1 atom stereocenters. The second-order valence-electron chi connectivity index (χ2n) is 12.9. The van der Waals surface area contributed by atoms with E-state index in [0.717, 1.165) is 69.1 Å². The molecule has 9 nitrogen and oxygen atoms in total. The van der Waals surface area contributed by atoms with Gasteiger partial charge in [-0.25, -0.2) is 13.2 Å². The van der Waals surface area contributed by atoms with Gasteiger partial charge in [0.25, 0.3) is 0 Å². The van der Waals surface area contributed by atoms with Gasteiger partial charge >= 0.3 is 6.01 Å². The fraction of sp³-hybridized carbons (Fsp3) is 0.412. The number of benzene rings is 2. The number of halogens is 3. The lowest BCUT2D eigenvalue weighted by Gasteiger charge is -2.34. The highest BCUT2D eigenvalue weighted by Crippen LogP contribution is 2.41. The quantitative estimate of drug-likeness (QED) is 0.223. The minimum absolute atomic E-state index is 0.0387. The summed E-state index contributed by atoms with van der Waals surface area (Å²) in [6, 6.07) is 6.90. The van der Waals surface area contributed by atoms with E-state index in [1.807, 2.05) is 13.0 Å². The monoisotopic (exact) mass is 629 g/mol. The molecule has 46 heavy (non-hydrogen) atoms. The molecule has 2 N–H and O–H groups in total. The zero-order chi connectivity index (χ0) is 31.6. The summed E-state index contributed by atoms with van der Waals surface area (Å²) in [4.78, 5) is 18.4. The van der Waals surface area contributed by atoms with Crippen molar-refractivity contribution in [2.75, 3.05) is 37.7 Å². The molecule has 3 fully saturated rings. The van der Waals surface area contributed by atoms with E-state index in [1.165, 1.54) is 24.4 Å². The van der Waals surface area contributed by atoms with Crippen LogP contribution in [0.5, 0.6) is 11.8 Å². The van der Waals surface area contributed by atoms with Crippen molar-refractivity contribution in [2.24, 2.45) is 0 Å². The minimum atomic E-state index is -1.15. The average molecular weight is 630 g/mol. The number of H-pyrrole nitrogens is 1. The molecule has 0 saturated carbocycles. The standard InChI is InChI=1S/C34H34F3N7O2/c1-19-13-26(42-41-19)21-5-2-10-43(17-21)32-24-16-38-30(23-15-22(45)14-20-6-7-25(35)28(36)27(20)23)29(37)31(24)39-33(40-32)46-18-34-8-3-11-44(34)12-4-9-34/h6-7,13-16,21,45H,2-5,8-12,17-18H2,1H3,(H,41,42). The number of fused-ring (bicyclic) bond motifs is 3. The molecule has 0 amide bonds. The number of pyridine rings is 1. The topological polar surface area (TPSA) is 103 Å². The first-order chi connectivity index (χ1) is 22.3. The molecule has 0 aliphatic carbocycles. The molecule has 5 aromatic rings. The Kier molecular flexibility index (Phi) is 7.00. The van der Waals surface area contributed by atoms with Crippen LogP contribution >= 0.6 is 0 Å². The van der Waals surface area contributed by atoms with Crippen molar-refractivity contribution in [2.45, 2.75) is 56.9 Å². The van der Waals surface area contributed by atoms with Gasteiger partial charge in [-0.3, -0.25) is 15.0 Å². The number of hydrogen-bond acceptors (Lipinski definition) is 8. The van der Waals surface area contributed by atoms with Crippen molar-refractivity contribution in [3.63, 3.8) is 0 Å². The van der Waals surface area contributed by atoms with Crippen LogP contribution in [0.25, 0.3) is 32.9 Å². The Balaban J connectivity index is 1.25. The van der Waals surface area contributed by atoms with Gasteiger partial charge in [0.2, 0.25) is 0 Å². The van der Waals surface area contributed by atoms with Gasteiger partial charge in [-0.2, -0.15) is 15.1 Å². The summed E-state index contributed by atoms with van der Waals surface area (Å²) < 4.78 is 52.6. The molecular weight excluding hydrogens is 595 g/mol. The fourth-order valence-electron chi connectivity index (χ4n) is 7.80. The lowest BCUT2D eigenvalue weighted by atomic mass is 9.94. The molecule has 3 aromatic heterocycles.